The second-order valence-corrected chi connectivity index (χ2v) is 5.26. The number of benzene rings is 1. The van der Waals surface area contributed by atoms with E-state index in [1.165, 1.54) is 37.8 Å². The van der Waals surface area contributed by atoms with Gasteiger partial charge in [-0.3, -0.25) is 0 Å². The number of halogens is 1. The molecule has 2 aromatic rings. The van der Waals surface area contributed by atoms with Crippen molar-refractivity contribution < 1.29 is 4.39 Å². The smallest absolute Gasteiger partial charge is 0.201 e. The molecular weight excluding hydrogens is 229 g/mol. The molecule has 1 heterocycles. The largest absolute Gasteiger partial charge is 0.369 e. The van der Waals surface area contributed by atoms with E-state index in [-0.39, 0.29) is 5.82 Å². The van der Waals surface area contributed by atoms with Crippen molar-refractivity contribution in [2.75, 3.05) is 5.73 Å². The molecular formula is C14H18FN3. The molecule has 0 amide bonds. The molecule has 0 spiro atoms. The lowest BCUT2D eigenvalue weighted by atomic mass is 9.99. The van der Waals surface area contributed by atoms with Gasteiger partial charge in [-0.15, -0.1) is 0 Å². The van der Waals surface area contributed by atoms with Crippen LogP contribution in [-0.2, 0) is 0 Å². The molecule has 0 saturated heterocycles. The lowest BCUT2D eigenvalue weighted by Crippen LogP contribution is -2.16. The third kappa shape index (κ3) is 1.76. The number of hydrogen-bond donors (Lipinski definition) is 1. The van der Waals surface area contributed by atoms with Gasteiger partial charge in [-0.05, 0) is 37.8 Å². The molecule has 1 aromatic carbocycles. The van der Waals surface area contributed by atoms with Crippen LogP contribution in [0.3, 0.4) is 0 Å². The molecule has 1 aliphatic rings. The number of fused-ring (bicyclic) bond motifs is 1. The van der Waals surface area contributed by atoms with Gasteiger partial charge in [-0.2, -0.15) is 0 Å². The van der Waals surface area contributed by atoms with Gasteiger partial charge in [0.25, 0.3) is 0 Å². The van der Waals surface area contributed by atoms with E-state index < -0.39 is 0 Å². The molecule has 0 radical (unpaired) electrons. The van der Waals surface area contributed by atoms with Gasteiger partial charge in [0, 0.05) is 12.1 Å². The quantitative estimate of drug-likeness (QED) is 0.882. The fourth-order valence-electron chi connectivity index (χ4n) is 3.17. The van der Waals surface area contributed by atoms with E-state index in [9.17, 15) is 4.39 Å². The second-order valence-electron chi connectivity index (χ2n) is 5.26. The predicted octanol–water partition coefficient (Wildman–Crippen LogP) is 3.51. The van der Waals surface area contributed by atoms with Gasteiger partial charge in [0.15, 0.2) is 0 Å². The highest BCUT2D eigenvalue weighted by atomic mass is 19.1. The SMILES string of the molecule is CC(C1CCCC1)n1c(N)nc2cc(F)ccc21. The standard InChI is InChI=1S/C14H18FN3/c1-9(10-4-2-3-5-10)18-13-7-6-11(15)8-12(13)17-14(18)16/h6-10H,2-5H2,1H3,(H2,16,17). The summed E-state index contributed by atoms with van der Waals surface area (Å²) < 4.78 is 15.2. The first-order chi connectivity index (χ1) is 8.66. The number of aromatic nitrogens is 2. The van der Waals surface area contributed by atoms with Crippen molar-refractivity contribution in [1.29, 1.82) is 0 Å². The fourth-order valence-corrected chi connectivity index (χ4v) is 3.17. The number of nitrogen functional groups attached to an aromatic ring is 1. The molecule has 18 heavy (non-hydrogen) atoms. The Hall–Kier alpha value is -1.58. The molecule has 1 atom stereocenters. The van der Waals surface area contributed by atoms with Crippen LogP contribution in [0, 0.1) is 11.7 Å². The van der Waals surface area contributed by atoms with E-state index in [2.05, 4.69) is 16.5 Å². The van der Waals surface area contributed by atoms with Crippen LogP contribution in [-0.4, -0.2) is 9.55 Å². The Balaban J connectivity index is 2.07. The average molecular weight is 247 g/mol. The molecule has 3 nitrogen and oxygen atoms in total. The minimum absolute atomic E-state index is 0.263. The Labute approximate surface area is 106 Å². The maximum absolute atomic E-state index is 13.2. The van der Waals surface area contributed by atoms with Crippen molar-refractivity contribution >= 4 is 17.0 Å². The van der Waals surface area contributed by atoms with Crippen molar-refractivity contribution in [2.45, 2.75) is 38.6 Å². The summed E-state index contributed by atoms with van der Waals surface area (Å²) in [7, 11) is 0. The Morgan fingerprint density at radius 3 is 2.83 bits per heavy atom. The zero-order valence-corrected chi connectivity index (χ0v) is 10.6. The zero-order valence-electron chi connectivity index (χ0n) is 10.6. The lowest BCUT2D eigenvalue weighted by Gasteiger charge is -2.22. The molecule has 3 rings (SSSR count). The van der Waals surface area contributed by atoms with Crippen molar-refractivity contribution in [3.63, 3.8) is 0 Å². The van der Waals surface area contributed by atoms with E-state index in [0.29, 0.717) is 23.4 Å². The molecule has 4 heteroatoms. The predicted molar refractivity (Wildman–Crippen MR) is 70.8 cm³/mol. The van der Waals surface area contributed by atoms with Crippen LogP contribution in [0.1, 0.15) is 38.6 Å². The summed E-state index contributed by atoms with van der Waals surface area (Å²) in [6.45, 7) is 2.19. The number of imidazole rings is 1. The van der Waals surface area contributed by atoms with Crippen LogP contribution in [0.4, 0.5) is 10.3 Å². The Kier molecular flexibility index (Phi) is 2.73. The summed E-state index contributed by atoms with van der Waals surface area (Å²) in [5.41, 5.74) is 7.59. The highest BCUT2D eigenvalue weighted by Gasteiger charge is 2.25. The van der Waals surface area contributed by atoms with Gasteiger partial charge < -0.3 is 10.3 Å². The third-order valence-electron chi connectivity index (χ3n) is 4.17. The van der Waals surface area contributed by atoms with E-state index >= 15 is 0 Å². The van der Waals surface area contributed by atoms with Crippen molar-refractivity contribution in [3.8, 4) is 0 Å². The van der Waals surface area contributed by atoms with Crippen LogP contribution in [0.2, 0.25) is 0 Å². The van der Waals surface area contributed by atoms with Gasteiger partial charge in [0.05, 0.1) is 11.0 Å². The molecule has 0 bridgehead atoms. The van der Waals surface area contributed by atoms with E-state index in [4.69, 9.17) is 5.73 Å². The first kappa shape index (κ1) is 11.5. The molecule has 1 aliphatic carbocycles. The monoisotopic (exact) mass is 247 g/mol. The molecule has 1 aromatic heterocycles. The zero-order chi connectivity index (χ0) is 12.7. The van der Waals surface area contributed by atoms with Crippen LogP contribution >= 0.6 is 0 Å². The van der Waals surface area contributed by atoms with Gasteiger partial charge in [-0.1, -0.05) is 12.8 Å². The van der Waals surface area contributed by atoms with Gasteiger partial charge in [0.2, 0.25) is 5.95 Å². The Morgan fingerprint density at radius 2 is 2.11 bits per heavy atom. The molecule has 1 fully saturated rings. The molecule has 96 valence electrons. The molecule has 0 aliphatic heterocycles. The first-order valence-electron chi connectivity index (χ1n) is 6.60. The van der Waals surface area contributed by atoms with E-state index in [1.54, 1.807) is 6.07 Å². The fraction of sp³-hybridized carbons (Fsp3) is 0.500. The first-order valence-corrected chi connectivity index (χ1v) is 6.60. The van der Waals surface area contributed by atoms with Crippen molar-refractivity contribution in [3.05, 3.63) is 24.0 Å². The van der Waals surface area contributed by atoms with E-state index in [1.807, 2.05) is 0 Å². The summed E-state index contributed by atoms with van der Waals surface area (Å²) in [4.78, 5) is 4.27. The number of nitrogens with zero attached hydrogens (tertiary/aromatic N) is 2. The summed E-state index contributed by atoms with van der Waals surface area (Å²) >= 11 is 0. The number of rotatable bonds is 2. The second kappa shape index (κ2) is 4.26. The average Bonchev–Trinajstić information content (AvgIpc) is 2.94. The van der Waals surface area contributed by atoms with Crippen LogP contribution in [0.5, 0.6) is 0 Å². The number of nitrogens with two attached hydrogens (primary N) is 1. The summed E-state index contributed by atoms with van der Waals surface area (Å²) in [5, 5.41) is 0. The van der Waals surface area contributed by atoms with Crippen LogP contribution < -0.4 is 5.73 Å². The molecule has 1 saturated carbocycles. The Morgan fingerprint density at radius 1 is 1.39 bits per heavy atom. The highest BCUT2D eigenvalue weighted by molar-refractivity contribution is 5.78. The van der Waals surface area contributed by atoms with Gasteiger partial charge in [0.1, 0.15) is 5.82 Å². The number of hydrogen-bond acceptors (Lipinski definition) is 2. The topological polar surface area (TPSA) is 43.8 Å². The summed E-state index contributed by atoms with van der Waals surface area (Å²) in [6, 6.07) is 5.03. The Bertz CT molecular complexity index is 570. The normalized spacial score (nSPS) is 18.6. The maximum atomic E-state index is 13.2. The number of anilines is 1. The minimum atomic E-state index is -0.263. The van der Waals surface area contributed by atoms with Crippen molar-refractivity contribution in [2.24, 2.45) is 5.92 Å². The summed E-state index contributed by atoms with van der Waals surface area (Å²) in [6.07, 6.45) is 5.11. The summed E-state index contributed by atoms with van der Waals surface area (Å²) in [5.74, 6) is 0.894. The highest BCUT2D eigenvalue weighted by Crippen LogP contribution is 2.36. The van der Waals surface area contributed by atoms with Gasteiger partial charge in [-0.25, -0.2) is 9.37 Å². The van der Waals surface area contributed by atoms with E-state index in [0.717, 1.165) is 5.52 Å². The van der Waals surface area contributed by atoms with Crippen molar-refractivity contribution in [1.82, 2.24) is 9.55 Å². The van der Waals surface area contributed by atoms with Crippen LogP contribution in [0.15, 0.2) is 18.2 Å². The lowest BCUT2D eigenvalue weighted by molar-refractivity contribution is 0.371. The third-order valence-corrected chi connectivity index (χ3v) is 4.17. The maximum Gasteiger partial charge on any atom is 0.201 e. The molecule has 2 N–H and O–H groups in total. The minimum Gasteiger partial charge on any atom is -0.369 e. The molecule has 1 unspecified atom stereocenters. The van der Waals surface area contributed by atoms with Crippen LogP contribution in [0.25, 0.3) is 11.0 Å². The van der Waals surface area contributed by atoms with Gasteiger partial charge >= 0.3 is 0 Å².